The van der Waals surface area contributed by atoms with Crippen LogP contribution in [0.15, 0.2) is 22.6 Å². The predicted molar refractivity (Wildman–Crippen MR) is 98.7 cm³/mol. The van der Waals surface area contributed by atoms with Crippen LogP contribution < -0.4 is 5.32 Å². The fourth-order valence-corrected chi connectivity index (χ4v) is 3.30. The zero-order valence-electron chi connectivity index (χ0n) is 15.6. The highest BCUT2D eigenvalue weighted by molar-refractivity contribution is 6.31. The van der Waals surface area contributed by atoms with Crippen molar-refractivity contribution in [2.24, 2.45) is 0 Å². The number of aromatic nitrogens is 2. The van der Waals surface area contributed by atoms with Crippen LogP contribution in [0.5, 0.6) is 0 Å². The fraction of sp³-hybridized carbons (Fsp3) is 0.444. The number of piperazine rings is 1. The monoisotopic (exact) mass is 409 g/mol. The van der Waals surface area contributed by atoms with Crippen LogP contribution in [0, 0.1) is 12.7 Å². The second-order valence-electron chi connectivity index (χ2n) is 6.65. The van der Waals surface area contributed by atoms with Crippen molar-refractivity contribution in [2.75, 3.05) is 20.1 Å². The van der Waals surface area contributed by atoms with E-state index in [1.165, 1.54) is 17.0 Å². The zero-order chi connectivity index (χ0) is 20.3. The van der Waals surface area contributed by atoms with E-state index in [4.69, 9.17) is 16.0 Å². The molecular weight excluding hydrogens is 389 g/mol. The first kappa shape index (κ1) is 20.2. The molecule has 0 bridgehead atoms. The van der Waals surface area contributed by atoms with Gasteiger partial charge in [0.25, 0.3) is 0 Å². The minimum absolute atomic E-state index is 0.0540. The summed E-state index contributed by atoms with van der Waals surface area (Å²) in [6.45, 7) is 2.86. The quantitative estimate of drug-likeness (QED) is 0.777. The van der Waals surface area contributed by atoms with E-state index in [-0.39, 0.29) is 31.3 Å². The van der Waals surface area contributed by atoms with E-state index in [0.717, 1.165) is 0 Å². The van der Waals surface area contributed by atoms with Gasteiger partial charge in [0, 0.05) is 44.2 Å². The van der Waals surface area contributed by atoms with E-state index in [0.29, 0.717) is 35.5 Å². The average Bonchev–Trinajstić information content (AvgIpc) is 3.05. The molecule has 2 aromatic rings. The largest absolute Gasteiger partial charge is 0.424 e. The molecule has 2 heterocycles. The number of hydrogen-bond donors (Lipinski definition) is 1. The van der Waals surface area contributed by atoms with Crippen molar-refractivity contribution >= 4 is 23.4 Å². The number of carbonyl (C=O) groups is 2. The molecule has 10 heteroatoms. The van der Waals surface area contributed by atoms with Crippen molar-refractivity contribution in [3.63, 3.8) is 0 Å². The van der Waals surface area contributed by atoms with Crippen molar-refractivity contribution in [3.8, 4) is 0 Å². The van der Waals surface area contributed by atoms with Gasteiger partial charge >= 0.3 is 0 Å². The Morgan fingerprint density at radius 2 is 2.25 bits per heavy atom. The first-order valence-electron chi connectivity index (χ1n) is 8.82. The number of amides is 2. The molecule has 8 nitrogen and oxygen atoms in total. The summed E-state index contributed by atoms with van der Waals surface area (Å²) in [7, 11) is 1.60. The van der Waals surface area contributed by atoms with Crippen LogP contribution >= 0.6 is 11.6 Å². The van der Waals surface area contributed by atoms with Gasteiger partial charge in [0.2, 0.25) is 23.6 Å². The Hall–Kier alpha value is -2.52. The lowest BCUT2D eigenvalue weighted by atomic mass is 10.1. The summed E-state index contributed by atoms with van der Waals surface area (Å²) >= 11 is 6.12. The van der Waals surface area contributed by atoms with Crippen LogP contribution in [0.1, 0.15) is 23.8 Å². The van der Waals surface area contributed by atoms with Crippen molar-refractivity contribution in [2.45, 2.75) is 32.5 Å². The number of benzene rings is 1. The summed E-state index contributed by atoms with van der Waals surface area (Å²) in [6.07, 6.45) is -0.0540. The molecule has 150 valence electrons. The Morgan fingerprint density at radius 3 is 2.93 bits per heavy atom. The Balaban J connectivity index is 1.70. The van der Waals surface area contributed by atoms with Gasteiger partial charge in [-0.3, -0.25) is 14.5 Å². The van der Waals surface area contributed by atoms with E-state index >= 15 is 0 Å². The van der Waals surface area contributed by atoms with Crippen LogP contribution in [0.25, 0.3) is 0 Å². The molecule has 28 heavy (non-hydrogen) atoms. The predicted octanol–water partition coefficient (Wildman–Crippen LogP) is 1.52. The Labute approximate surface area is 166 Å². The summed E-state index contributed by atoms with van der Waals surface area (Å²) in [5.41, 5.74) is 0.311. The summed E-state index contributed by atoms with van der Waals surface area (Å²) in [6, 6.07) is 3.73. The molecule has 1 fully saturated rings. The lowest BCUT2D eigenvalue weighted by molar-refractivity contribution is -0.138. The van der Waals surface area contributed by atoms with Gasteiger partial charge in [-0.25, -0.2) is 4.39 Å². The smallest absolute Gasteiger partial charge is 0.237 e. The van der Waals surface area contributed by atoms with Crippen LogP contribution in [0.4, 0.5) is 4.39 Å². The maximum absolute atomic E-state index is 14.2. The molecule has 1 aliphatic rings. The second kappa shape index (κ2) is 8.66. The Bertz CT molecular complexity index is 854. The maximum atomic E-state index is 14.2. The van der Waals surface area contributed by atoms with Crippen LogP contribution in [-0.2, 0) is 22.7 Å². The normalized spacial score (nSPS) is 17.4. The highest BCUT2D eigenvalue weighted by Crippen LogP contribution is 2.23. The summed E-state index contributed by atoms with van der Waals surface area (Å²) in [5, 5.41) is 10.6. The summed E-state index contributed by atoms with van der Waals surface area (Å²) in [4.78, 5) is 28.2. The molecule has 0 aliphatic carbocycles. The van der Waals surface area contributed by atoms with Crippen molar-refractivity contribution in [3.05, 3.63) is 46.4 Å². The molecule has 1 aromatic carbocycles. The molecule has 1 N–H and O–H groups in total. The minimum Gasteiger partial charge on any atom is -0.424 e. The topological polar surface area (TPSA) is 91.6 Å². The standard InChI is InChI=1S/C18H21ClFN5O3/c1-11-22-23-16(28-11)10-24(2)17(26)8-15-18(27)21-6-7-25(15)9-12-13(19)4-3-5-14(12)20/h3-5,15H,6-10H2,1-2H3,(H,21,27)/t15-/m0/s1. The molecular formula is C18H21ClFN5O3. The number of rotatable bonds is 6. The molecule has 0 unspecified atom stereocenters. The average molecular weight is 410 g/mol. The van der Waals surface area contributed by atoms with Gasteiger partial charge in [0.15, 0.2) is 0 Å². The zero-order valence-corrected chi connectivity index (χ0v) is 16.4. The molecule has 1 aromatic heterocycles. The van der Waals surface area contributed by atoms with Gasteiger partial charge in [-0.1, -0.05) is 17.7 Å². The van der Waals surface area contributed by atoms with Gasteiger partial charge in [-0.2, -0.15) is 0 Å². The van der Waals surface area contributed by atoms with E-state index in [1.807, 2.05) is 0 Å². The van der Waals surface area contributed by atoms with E-state index < -0.39 is 11.9 Å². The number of carbonyl (C=O) groups excluding carboxylic acids is 2. The Kier molecular flexibility index (Phi) is 6.25. The number of nitrogens with zero attached hydrogens (tertiary/aromatic N) is 4. The molecule has 2 amide bonds. The molecule has 1 aliphatic heterocycles. The number of nitrogens with one attached hydrogen (secondary N) is 1. The van der Waals surface area contributed by atoms with Crippen LogP contribution in [0.3, 0.4) is 0 Å². The molecule has 3 rings (SSSR count). The third-order valence-electron chi connectivity index (χ3n) is 4.60. The number of halogens is 2. The van der Waals surface area contributed by atoms with E-state index in [9.17, 15) is 14.0 Å². The number of hydrogen-bond acceptors (Lipinski definition) is 6. The lowest BCUT2D eigenvalue weighted by Gasteiger charge is -2.35. The first-order chi connectivity index (χ1) is 13.3. The van der Waals surface area contributed by atoms with E-state index in [2.05, 4.69) is 15.5 Å². The van der Waals surface area contributed by atoms with Gasteiger partial charge in [0.1, 0.15) is 5.82 Å². The van der Waals surface area contributed by atoms with Crippen molar-refractivity contribution < 1.29 is 18.4 Å². The highest BCUT2D eigenvalue weighted by Gasteiger charge is 2.33. The van der Waals surface area contributed by atoms with Crippen LogP contribution in [-0.4, -0.2) is 58.0 Å². The molecule has 0 spiro atoms. The van der Waals surface area contributed by atoms with Gasteiger partial charge in [-0.15, -0.1) is 10.2 Å². The minimum atomic E-state index is -0.719. The van der Waals surface area contributed by atoms with Crippen molar-refractivity contribution in [1.82, 2.24) is 25.3 Å². The Morgan fingerprint density at radius 1 is 1.46 bits per heavy atom. The molecule has 0 radical (unpaired) electrons. The fourth-order valence-electron chi connectivity index (χ4n) is 3.07. The highest BCUT2D eigenvalue weighted by atomic mass is 35.5. The SMILES string of the molecule is Cc1nnc(CN(C)C(=O)C[C@H]2C(=O)NCCN2Cc2c(F)cccc2Cl)o1. The van der Waals surface area contributed by atoms with Gasteiger partial charge in [-0.05, 0) is 12.1 Å². The van der Waals surface area contributed by atoms with E-state index in [1.54, 1.807) is 24.9 Å². The van der Waals surface area contributed by atoms with Crippen molar-refractivity contribution in [1.29, 1.82) is 0 Å². The number of aryl methyl sites for hydroxylation is 1. The van der Waals surface area contributed by atoms with Gasteiger partial charge in [0.05, 0.1) is 19.0 Å². The summed E-state index contributed by atoms with van der Waals surface area (Å²) in [5.74, 6) is -0.240. The van der Waals surface area contributed by atoms with Crippen LogP contribution in [0.2, 0.25) is 5.02 Å². The third kappa shape index (κ3) is 4.66. The molecule has 0 saturated carbocycles. The first-order valence-corrected chi connectivity index (χ1v) is 9.20. The lowest BCUT2D eigenvalue weighted by Crippen LogP contribution is -2.56. The molecule has 1 saturated heterocycles. The molecule has 1 atom stereocenters. The maximum Gasteiger partial charge on any atom is 0.237 e. The second-order valence-corrected chi connectivity index (χ2v) is 7.05. The van der Waals surface area contributed by atoms with Gasteiger partial charge < -0.3 is 14.6 Å². The summed E-state index contributed by atoms with van der Waals surface area (Å²) < 4.78 is 19.4. The third-order valence-corrected chi connectivity index (χ3v) is 4.95.